The highest BCUT2D eigenvalue weighted by Gasteiger charge is 2.28. The SMILES string of the molecule is C=C(C1=CC=CC(C2=CC[C@@H]3CCC=CC3=C2)C1)c1c(C(C2=CC=C(C3=CC=C4C=CCCC4C3)CC2)=C2CC=CC=CC2)ccc2c1C=CCC2. The van der Waals surface area contributed by atoms with E-state index in [-0.39, 0.29) is 0 Å². The van der Waals surface area contributed by atoms with Crippen molar-refractivity contribution in [3.8, 4) is 0 Å². The highest BCUT2D eigenvalue weighted by Crippen LogP contribution is 2.47. The largest absolute Gasteiger partial charge is 0.0908 e. The number of rotatable bonds is 6. The summed E-state index contributed by atoms with van der Waals surface area (Å²) in [7, 11) is 0. The van der Waals surface area contributed by atoms with Gasteiger partial charge in [-0.3, -0.25) is 0 Å². The van der Waals surface area contributed by atoms with Crippen LogP contribution in [0.1, 0.15) is 99.3 Å². The first kappa shape index (κ1) is 33.2. The molecule has 0 aromatic heterocycles. The Kier molecular flexibility index (Phi) is 9.41. The van der Waals surface area contributed by atoms with Crippen LogP contribution in [0.4, 0.5) is 0 Å². The fourth-order valence-corrected chi connectivity index (χ4v) is 9.93. The predicted molar refractivity (Wildman–Crippen MR) is 223 cm³/mol. The van der Waals surface area contributed by atoms with Gasteiger partial charge in [-0.25, -0.2) is 0 Å². The van der Waals surface area contributed by atoms with Crippen molar-refractivity contribution in [3.05, 3.63) is 195 Å². The van der Waals surface area contributed by atoms with E-state index in [0.717, 1.165) is 44.9 Å². The summed E-state index contributed by atoms with van der Waals surface area (Å²) in [5.41, 5.74) is 20.2. The summed E-state index contributed by atoms with van der Waals surface area (Å²) in [6.45, 7) is 4.98. The Morgan fingerprint density at radius 2 is 1.44 bits per heavy atom. The van der Waals surface area contributed by atoms with Gasteiger partial charge in [0.15, 0.2) is 0 Å². The quantitative estimate of drug-likeness (QED) is 0.281. The summed E-state index contributed by atoms with van der Waals surface area (Å²) < 4.78 is 0. The van der Waals surface area contributed by atoms with E-state index in [0.29, 0.717) is 17.8 Å². The Morgan fingerprint density at radius 1 is 0.635 bits per heavy atom. The minimum absolute atomic E-state index is 0.392. The molecule has 0 bridgehead atoms. The average molecular weight is 677 g/mol. The molecule has 52 heavy (non-hydrogen) atoms. The van der Waals surface area contributed by atoms with Crippen LogP contribution in [-0.2, 0) is 6.42 Å². The van der Waals surface area contributed by atoms with Crippen LogP contribution < -0.4 is 0 Å². The van der Waals surface area contributed by atoms with Gasteiger partial charge in [-0.1, -0.05) is 140 Å². The number of aryl methyl sites for hydroxylation is 1. The van der Waals surface area contributed by atoms with Gasteiger partial charge in [-0.05, 0) is 168 Å². The third-order valence-corrected chi connectivity index (χ3v) is 12.9. The molecule has 8 aliphatic carbocycles. The van der Waals surface area contributed by atoms with Gasteiger partial charge in [0.05, 0.1) is 0 Å². The van der Waals surface area contributed by atoms with Crippen molar-refractivity contribution in [2.45, 2.75) is 83.5 Å². The maximum Gasteiger partial charge on any atom is 0.00586 e. The molecule has 0 heteroatoms. The molecule has 3 atom stereocenters. The molecular formula is C52H52. The lowest BCUT2D eigenvalue weighted by molar-refractivity contribution is 0.552. The summed E-state index contributed by atoms with van der Waals surface area (Å²) >= 11 is 0. The van der Waals surface area contributed by atoms with E-state index < -0.39 is 0 Å². The molecule has 0 spiro atoms. The lowest BCUT2D eigenvalue weighted by Gasteiger charge is -2.30. The topological polar surface area (TPSA) is 0 Å². The van der Waals surface area contributed by atoms with Gasteiger partial charge in [-0.2, -0.15) is 0 Å². The highest BCUT2D eigenvalue weighted by molar-refractivity contribution is 5.95. The lowest BCUT2D eigenvalue weighted by atomic mass is 9.74. The Morgan fingerprint density at radius 3 is 2.29 bits per heavy atom. The molecule has 0 amide bonds. The molecule has 9 rings (SSSR count). The minimum Gasteiger partial charge on any atom is -0.0908 e. The van der Waals surface area contributed by atoms with Gasteiger partial charge in [0.1, 0.15) is 0 Å². The van der Waals surface area contributed by atoms with Crippen molar-refractivity contribution in [1.29, 1.82) is 0 Å². The van der Waals surface area contributed by atoms with Gasteiger partial charge in [0.2, 0.25) is 0 Å². The van der Waals surface area contributed by atoms with Crippen LogP contribution in [0.5, 0.6) is 0 Å². The number of hydrogen-bond acceptors (Lipinski definition) is 0. The van der Waals surface area contributed by atoms with Crippen LogP contribution >= 0.6 is 0 Å². The zero-order valence-corrected chi connectivity index (χ0v) is 30.8. The third-order valence-electron chi connectivity index (χ3n) is 12.9. The fraction of sp³-hybridized carbons (Fsp3) is 0.308. The summed E-state index contributed by atoms with van der Waals surface area (Å²) in [6, 6.07) is 4.89. The summed E-state index contributed by atoms with van der Waals surface area (Å²) in [5, 5.41) is 0. The van der Waals surface area contributed by atoms with E-state index >= 15 is 0 Å². The monoisotopic (exact) mass is 676 g/mol. The molecule has 0 nitrogen and oxygen atoms in total. The van der Waals surface area contributed by atoms with Gasteiger partial charge < -0.3 is 0 Å². The first-order chi connectivity index (χ1) is 25.7. The first-order valence-corrected chi connectivity index (χ1v) is 20.2. The number of hydrogen-bond donors (Lipinski definition) is 0. The average Bonchev–Trinajstić information content (AvgIpc) is 3.50. The summed E-state index contributed by atoms with van der Waals surface area (Å²) in [6.07, 6.45) is 60.0. The summed E-state index contributed by atoms with van der Waals surface area (Å²) in [4.78, 5) is 0. The summed E-state index contributed by atoms with van der Waals surface area (Å²) in [5.74, 6) is 1.78. The number of allylic oxidation sites excluding steroid dienone is 28. The van der Waals surface area contributed by atoms with Crippen LogP contribution in [0.25, 0.3) is 17.2 Å². The van der Waals surface area contributed by atoms with Gasteiger partial charge >= 0.3 is 0 Å². The second-order valence-corrected chi connectivity index (χ2v) is 16.0. The van der Waals surface area contributed by atoms with Gasteiger partial charge in [-0.15, -0.1) is 0 Å². The molecule has 0 saturated heterocycles. The Hall–Kier alpha value is -4.68. The minimum atomic E-state index is 0.392. The standard InChI is InChI=1S/C52H52/c1-36(43-20-12-21-46(33-43)48-30-26-38-14-7-9-19-45(38)35-48)51-49-22-11-10-15-40(49)31-32-50(51)52(41-16-4-2-3-5-17-41)42-27-23-39(24-28-42)47-29-25-37-13-6-8-18-44(37)34-47/h2-6,9,11-13,19-23,25,27,29-32,35,38,44,46H,1,7-8,10,14-18,24,26,28,33-34H2/t38-,44?,46?/m0/s1. The number of fused-ring (bicyclic) bond motifs is 3. The van der Waals surface area contributed by atoms with E-state index in [2.05, 4.69) is 128 Å². The second kappa shape index (κ2) is 14.7. The lowest BCUT2D eigenvalue weighted by Crippen LogP contribution is -2.14. The van der Waals surface area contributed by atoms with Crippen molar-refractivity contribution in [2.75, 3.05) is 0 Å². The van der Waals surface area contributed by atoms with Crippen LogP contribution in [0.15, 0.2) is 173 Å². The maximum atomic E-state index is 4.98. The molecule has 2 unspecified atom stereocenters. The van der Waals surface area contributed by atoms with E-state index in [1.54, 1.807) is 5.57 Å². The van der Waals surface area contributed by atoms with Crippen molar-refractivity contribution >= 4 is 17.2 Å². The molecule has 0 saturated carbocycles. The first-order valence-electron chi connectivity index (χ1n) is 20.2. The smallest absolute Gasteiger partial charge is 0.00586 e. The molecule has 1 aromatic carbocycles. The number of benzene rings is 1. The Bertz CT molecular complexity index is 2100. The van der Waals surface area contributed by atoms with Crippen molar-refractivity contribution in [3.63, 3.8) is 0 Å². The Balaban J connectivity index is 1.10. The zero-order chi connectivity index (χ0) is 34.9. The van der Waals surface area contributed by atoms with Crippen molar-refractivity contribution in [2.24, 2.45) is 17.8 Å². The molecule has 0 fully saturated rings. The van der Waals surface area contributed by atoms with Crippen LogP contribution in [-0.4, -0.2) is 0 Å². The Labute approximate surface area is 312 Å². The second-order valence-electron chi connectivity index (χ2n) is 16.0. The molecule has 8 aliphatic rings. The van der Waals surface area contributed by atoms with E-state index in [9.17, 15) is 0 Å². The molecule has 0 N–H and O–H groups in total. The third kappa shape index (κ3) is 6.58. The van der Waals surface area contributed by atoms with Crippen LogP contribution in [0.3, 0.4) is 0 Å². The van der Waals surface area contributed by atoms with Crippen LogP contribution in [0.2, 0.25) is 0 Å². The van der Waals surface area contributed by atoms with Gasteiger partial charge in [0.25, 0.3) is 0 Å². The zero-order valence-electron chi connectivity index (χ0n) is 30.8. The molecule has 0 heterocycles. The molecule has 0 radical (unpaired) electrons. The normalized spacial score (nSPS) is 26.0. The van der Waals surface area contributed by atoms with Crippen molar-refractivity contribution < 1.29 is 0 Å². The van der Waals surface area contributed by atoms with Crippen molar-refractivity contribution in [1.82, 2.24) is 0 Å². The maximum absolute atomic E-state index is 4.98. The predicted octanol–water partition coefficient (Wildman–Crippen LogP) is 13.9. The molecule has 1 aromatic rings. The van der Waals surface area contributed by atoms with Gasteiger partial charge in [0, 0.05) is 5.92 Å². The van der Waals surface area contributed by atoms with E-state index in [1.807, 2.05) is 0 Å². The van der Waals surface area contributed by atoms with Crippen LogP contribution in [0, 0.1) is 17.8 Å². The molecule has 260 valence electrons. The molecule has 0 aliphatic heterocycles. The van der Waals surface area contributed by atoms with E-state index in [1.165, 1.54) is 111 Å². The molecular weight excluding hydrogens is 625 g/mol. The highest BCUT2D eigenvalue weighted by atomic mass is 14.3. The fourth-order valence-electron chi connectivity index (χ4n) is 9.93. The van der Waals surface area contributed by atoms with E-state index in [4.69, 9.17) is 6.58 Å².